The fourth-order valence-electron chi connectivity index (χ4n) is 1.73. The van der Waals surface area contributed by atoms with E-state index in [9.17, 15) is 19.2 Å². The molecule has 0 aliphatic carbocycles. The summed E-state index contributed by atoms with van der Waals surface area (Å²) in [6, 6.07) is 0. The van der Waals surface area contributed by atoms with Gasteiger partial charge in [0.2, 0.25) is 0 Å². The van der Waals surface area contributed by atoms with E-state index in [1.807, 2.05) is 0 Å². The summed E-state index contributed by atoms with van der Waals surface area (Å²) in [4.78, 5) is 46.4. The van der Waals surface area contributed by atoms with Gasteiger partial charge < -0.3 is 14.2 Å². The maximum absolute atomic E-state index is 12.1. The molecule has 0 amide bonds. The Balaban J connectivity index is 2.92. The Morgan fingerprint density at radius 3 is 2.11 bits per heavy atom. The number of ether oxygens (including phenoxy) is 3. The van der Waals surface area contributed by atoms with Crippen LogP contribution in [0.15, 0.2) is 0 Å². The van der Waals surface area contributed by atoms with Gasteiger partial charge in [0.1, 0.15) is 11.2 Å². The third kappa shape index (κ3) is 3.25. The van der Waals surface area contributed by atoms with E-state index in [0.717, 1.165) is 26.0 Å². The zero-order chi connectivity index (χ0) is 14.6. The first-order valence-corrected chi connectivity index (χ1v) is 6.32. The Labute approximate surface area is 113 Å². The van der Waals surface area contributed by atoms with Gasteiger partial charge in [-0.05, 0) is 0 Å². The highest BCUT2D eigenvalue weighted by Gasteiger charge is 2.52. The van der Waals surface area contributed by atoms with Crippen molar-refractivity contribution in [1.29, 1.82) is 0 Å². The highest BCUT2D eigenvalue weighted by Crippen LogP contribution is 2.38. The van der Waals surface area contributed by atoms with Crippen LogP contribution >= 0.6 is 11.8 Å². The number of thioether (sulfide) groups is 1. The van der Waals surface area contributed by atoms with Gasteiger partial charge >= 0.3 is 17.9 Å². The van der Waals surface area contributed by atoms with Gasteiger partial charge in [-0.3, -0.25) is 19.2 Å². The Bertz CT molecular complexity index is 406. The maximum Gasteiger partial charge on any atom is 0.320 e. The minimum absolute atomic E-state index is 0.193. The summed E-state index contributed by atoms with van der Waals surface area (Å²) < 4.78 is 13.5. The smallest absolute Gasteiger partial charge is 0.320 e. The Kier molecular flexibility index (Phi) is 5.34. The molecule has 0 radical (unpaired) electrons. The molecule has 1 aliphatic rings. The van der Waals surface area contributed by atoms with Crippen molar-refractivity contribution in [1.82, 2.24) is 0 Å². The summed E-state index contributed by atoms with van der Waals surface area (Å²) >= 11 is 0.921. The van der Waals surface area contributed by atoms with E-state index < -0.39 is 40.1 Å². The number of carbonyl (C=O) groups is 4. The number of hydrogen-bond acceptors (Lipinski definition) is 8. The van der Waals surface area contributed by atoms with Crippen LogP contribution < -0.4 is 0 Å². The maximum atomic E-state index is 12.1. The lowest BCUT2D eigenvalue weighted by Crippen LogP contribution is -2.35. The van der Waals surface area contributed by atoms with Crippen LogP contribution in [0.25, 0.3) is 0 Å². The second kappa shape index (κ2) is 6.55. The fourth-order valence-corrected chi connectivity index (χ4v) is 3.21. The number of ketones is 1. The van der Waals surface area contributed by atoms with Crippen LogP contribution in [0.1, 0.15) is 6.42 Å². The topological polar surface area (TPSA) is 96.0 Å². The van der Waals surface area contributed by atoms with E-state index in [4.69, 9.17) is 0 Å². The van der Waals surface area contributed by atoms with Crippen LogP contribution in [0.3, 0.4) is 0 Å². The lowest BCUT2D eigenvalue weighted by molar-refractivity contribution is -0.154. The summed E-state index contributed by atoms with van der Waals surface area (Å²) in [6.07, 6.45) is -0.193. The van der Waals surface area contributed by atoms with Crippen LogP contribution in [-0.4, -0.2) is 55.5 Å². The summed E-state index contributed by atoms with van der Waals surface area (Å²) in [5, 5.41) is -1.79. The number of carbonyl (C=O) groups excluding carboxylic acids is 4. The van der Waals surface area contributed by atoms with E-state index in [-0.39, 0.29) is 6.42 Å². The molecule has 0 N–H and O–H groups in total. The first kappa shape index (κ1) is 15.5. The lowest BCUT2D eigenvalue weighted by Gasteiger charge is -2.12. The molecule has 7 nitrogen and oxygen atoms in total. The first-order valence-electron chi connectivity index (χ1n) is 5.37. The van der Waals surface area contributed by atoms with E-state index in [1.54, 1.807) is 0 Å². The number of hydrogen-bond donors (Lipinski definition) is 0. The van der Waals surface area contributed by atoms with Gasteiger partial charge in [-0.25, -0.2) is 0 Å². The van der Waals surface area contributed by atoms with Crippen LogP contribution in [0.2, 0.25) is 0 Å². The van der Waals surface area contributed by atoms with Crippen molar-refractivity contribution in [3.8, 4) is 0 Å². The molecule has 1 rings (SSSR count). The van der Waals surface area contributed by atoms with Crippen LogP contribution in [0, 0.1) is 5.92 Å². The van der Waals surface area contributed by atoms with Crippen molar-refractivity contribution in [3.63, 3.8) is 0 Å². The fraction of sp³-hybridized carbons (Fsp3) is 0.636. The number of rotatable bonds is 4. The molecule has 106 valence electrons. The van der Waals surface area contributed by atoms with Gasteiger partial charge in [0, 0.05) is 0 Å². The van der Waals surface area contributed by atoms with E-state index >= 15 is 0 Å². The zero-order valence-corrected chi connectivity index (χ0v) is 11.5. The van der Waals surface area contributed by atoms with Gasteiger partial charge in [0.05, 0.1) is 33.0 Å². The molecule has 0 bridgehead atoms. The van der Waals surface area contributed by atoms with Crippen LogP contribution in [-0.2, 0) is 33.4 Å². The van der Waals surface area contributed by atoms with E-state index in [0.29, 0.717) is 0 Å². The van der Waals surface area contributed by atoms with E-state index in [1.165, 1.54) is 7.11 Å². The lowest BCUT2D eigenvalue weighted by atomic mass is 9.97. The van der Waals surface area contributed by atoms with Gasteiger partial charge in [0.15, 0.2) is 5.78 Å². The molecule has 0 aromatic heterocycles. The van der Waals surface area contributed by atoms with Gasteiger partial charge in [-0.1, -0.05) is 0 Å². The predicted molar refractivity (Wildman–Crippen MR) is 64.3 cm³/mol. The molecule has 0 spiro atoms. The van der Waals surface area contributed by atoms with Crippen LogP contribution in [0.4, 0.5) is 0 Å². The van der Waals surface area contributed by atoms with Crippen molar-refractivity contribution in [2.45, 2.75) is 16.9 Å². The second-order valence-corrected chi connectivity index (χ2v) is 5.10. The SMILES string of the molecule is COC(=O)C[C@@H]1S[C@H](C(=O)OC)[C@@H](C(=O)OC)C1=O. The number of methoxy groups -OCH3 is 3. The third-order valence-corrected chi connectivity index (χ3v) is 4.19. The van der Waals surface area contributed by atoms with Crippen molar-refractivity contribution in [2.75, 3.05) is 21.3 Å². The molecule has 0 saturated carbocycles. The van der Waals surface area contributed by atoms with Gasteiger partial charge in [0.25, 0.3) is 0 Å². The monoisotopic (exact) mass is 290 g/mol. The van der Waals surface area contributed by atoms with Crippen LogP contribution in [0.5, 0.6) is 0 Å². The number of Topliss-reactive ketones (excluding diaryl/α,β-unsaturated/α-hetero) is 1. The normalized spacial score (nSPS) is 25.8. The molecule has 1 saturated heterocycles. The van der Waals surface area contributed by atoms with Crippen molar-refractivity contribution in [3.05, 3.63) is 0 Å². The Morgan fingerprint density at radius 2 is 1.63 bits per heavy atom. The summed E-state index contributed by atoms with van der Waals surface area (Å²) in [7, 11) is 3.49. The summed E-state index contributed by atoms with van der Waals surface area (Å²) in [5.41, 5.74) is 0. The molecule has 1 heterocycles. The molecule has 8 heteroatoms. The van der Waals surface area contributed by atoms with Crippen molar-refractivity contribution in [2.24, 2.45) is 5.92 Å². The molecule has 1 fully saturated rings. The molecule has 1 aliphatic heterocycles. The standard InChI is InChI=1S/C11H14O7S/c1-16-6(12)4-5-8(13)7(10(14)17-2)9(19-5)11(15)18-3/h5,7,9H,4H2,1-3H3/t5-,7-,9-/m0/s1. The molecule has 19 heavy (non-hydrogen) atoms. The summed E-state index contributed by atoms with van der Waals surface area (Å²) in [6.45, 7) is 0. The highest BCUT2D eigenvalue weighted by atomic mass is 32.2. The summed E-state index contributed by atoms with van der Waals surface area (Å²) in [5.74, 6) is -3.84. The van der Waals surface area contributed by atoms with Crippen molar-refractivity contribution < 1.29 is 33.4 Å². The molecule has 0 aromatic rings. The van der Waals surface area contributed by atoms with Gasteiger partial charge in [-0.2, -0.15) is 0 Å². The zero-order valence-electron chi connectivity index (χ0n) is 10.7. The Hall–Kier alpha value is -1.57. The second-order valence-electron chi connectivity index (χ2n) is 3.75. The number of esters is 3. The highest BCUT2D eigenvalue weighted by molar-refractivity contribution is 8.02. The van der Waals surface area contributed by atoms with Crippen molar-refractivity contribution >= 4 is 35.5 Å². The largest absolute Gasteiger partial charge is 0.469 e. The molecular weight excluding hydrogens is 276 g/mol. The molecule has 0 unspecified atom stereocenters. The average Bonchev–Trinajstić information content (AvgIpc) is 2.74. The molecular formula is C11H14O7S. The molecule has 0 aromatic carbocycles. The quantitative estimate of drug-likeness (QED) is 0.391. The predicted octanol–water partition coefficient (Wildman–Crippen LogP) is -0.435. The van der Waals surface area contributed by atoms with Gasteiger partial charge in [-0.15, -0.1) is 11.8 Å². The molecule has 3 atom stereocenters. The third-order valence-electron chi connectivity index (χ3n) is 2.71. The Morgan fingerprint density at radius 1 is 1.05 bits per heavy atom. The van der Waals surface area contributed by atoms with E-state index in [2.05, 4.69) is 14.2 Å². The average molecular weight is 290 g/mol. The first-order chi connectivity index (χ1) is 8.96. The minimum atomic E-state index is -1.24. The minimum Gasteiger partial charge on any atom is -0.469 e.